The first-order valence-electron chi connectivity index (χ1n) is 10.9. The molecule has 0 bridgehead atoms. The quantitative estimate of drug-likeness (QED) is 0.126. The van der Waals surface area contributed by atoms with Crippen LogP contribution >= 0.6 is 23.2 Å². The number of amides is 1. The van der Waals surface area contributed by atoms with Crippen molar-refractivity contribution in [2.75, 3.05) is 6.61 Å². The highest BCUT2D eigenvalue weighted by atomic mass is 35.5. The van der Waals surface area contributed by atoms with Crippen LogP contribution in [0.3, 0.4) is 0 Å². The number of carbonyl (C=O) groups is 2. The molecule has 0 unspecified atom stereocenters. The largest absolute Gasteiger partial charge is 0.484 e. The van der Waals surface area contributed by atoms with Crippen molar-refractivity contribution in [1.29, 1.82) is 0 Å². The van der Waals surface area contributed by atoms with Crippen LogP contribution in [0.2, 0.25) is 10.0 Å². The fourth-order valence-corrected chi connectivity index (χ4v) is 3.66. The fraction of sp³-hybridized carbons (Fsp3) is 0.0357. The van der Waals surface area contributed by atoms with E-state index in [9.17, 15) is 9.59 Å². The average molecular weight is 519 g/mol. The van der Waals surface area contributed by atoms with Gasteiger partial charge >= 0.3 is 5.97 Å². The summed E-state index contributed by atoms with van der Waals surface area (Å²) in [6, 6.07) is 28.6. The van der Waals surface area contributed by atoms with E-state index in [2.05, 4.69) is 10.5 Å². The van der Waals surface area contributed by atoms with Crippen molar-refractivity contribution in [3.63, 3.8) is 0 Å². The third kappa shape index (κ3) is 6.95. The first-order chi connectivity index (χ1) is 17.5. The molecule has 8 heteroatoms. The molecule has 4 aromatic rings. The van der Waals surface area contributed by atoms with Gasteiger partial charge in [-0.15, -0.1) is 0 Å². The number of rotatable bonds is 8. The molecule has 6 nitrogen and oxygen atoms in total. The van der Waals surface area contributed by atoms with Crippen LogP contribution in [0.4, 0.5) is 0 Å². The molecule has 1 amide bonds. The molecule has 0 aliphatic heterocycles. The number of hydrogen-bond donors (Lipinski definition) is 1. The van der Waals surface area contributed by atoms with E-state index in [0.29, 0.717) is 22.1 Å². The number of hydrogen-bond acceptors (Lipinski definition) is 5. The van der Waals surface area contributed by atoms with Crippen LogP contribution in [0.25, 0.3) is 11.1 Å². The van der Waals surface area contributed by atoms with Crippen molar-refractivity contribution >= 4 is 41.3 Å². The van der Waals surface area contributed by atoms with Crippen molar-refractivity contribution in [2.45, 2.75) is 0 Å². The Morgan fingerprint density at radius 2 is 1.47 bits per heavy atom. The summed E-state index contributed by atoms with van der Waals surface area (Å²) in [5.41, 5.74) is 5.48. The minimum Gasteiger partial charge on any atom is -0.484 e. The molecule has 0 heterocycles. The molecule has 0 aliphatic carbocycles. The van der Waals surface area contributed by atoms with Crippen molar-refractivity contribution in [2.24, 2.45) is 5.10 Å². The lowest BCUT2D eigenvalue weighted by atomic mass is 10.1. The zero-order valence-electron chi connectivity index (χ0n) is 18.9. The number of nitrogens with zero attached hydrogens (tertiary/aromatic N) is 1. The number of ether oxygens (including phenoxy) is 2. The molecule has 0 aliphatic rings. The van der Waals surface area contributed by atoms with E-state index in [-0.39, 0.29) is 17.2 Å². The molecule has 0 saturated heterocycles. The van der Waals surface area contributed by atoms with Crippen molar-refractivity contribution < 1.29 is 19.1 Å². The predicted octanol–water partition coefficient (Wildman–Crippen LogP) is 6.41. The fourth-order valence-electron chi connectivity index (χ4n) is 3.17. The maximum absolute atomic E-state index is 12.3. The van der Waals surface area contributed by atoms with E-state index in [1.807, 2.05) is 54.6 Å². The van der Waals surface area contributed by atoms with Crippen LogP contribution in [-0.2, 0) is 4.79 Å². The van der Waals surface area contributed by atoms with Crippen molar-refractivity contribution in [3.05, 3.63) is 118 Å². The molecular weight excluding hydrogens is 499 g/mol. The summed E-state index contributed by atoms with van der Waals surface area (Å²) in [6.07, 6.45) is 1.47. The lowest BCUT2D eigenvalue weighted by Gasteiger charge is -2.07. The molecule has 1 N–H and O–H groups in total. The van der Waals surface area contributed by atoms with E-state index < -0.39 is 11.9 Å². The highest BCUT2D eigenvalue weighted by Crippen LogP contribution is 2.23. The van der Waals surface area contributed by atoms with Crippen LogP contribution in [-0.4, -0.2) is 24.7 Å². The number of benzene rings is 4. The van der Waals surface area contributed by atoms with Crippen LogP contribution in [0.15, 0.2) is 102 Å². The van der Waals surface area contributed by atoms with Crippen molar-refractivity contribution in [3.8, 4) is 22.6 Å². The Morgan fingerprint density at radius 3 is 2.17 bits per heavy atom. The van der Waals surface area contributed by atoms with Gasteiger partial charge in [-0.25, -0.2) is 10.2 Å². The van der Waals surface area contributed by atoms with Crippen LogP contribution in [0, 0.1) is 0 Å². The van der Waals surface area contributed by atoms with Crippen LogP contribution in [0.1, 0.15) is 15.9 Å². The summed E-state index contributed by atoms with van der Waals surface area (Å²) < 4.78 is 10.8. The maximum Gasteiger partial charge on any atom is 0.345 e. The van der Waals surface area contributed by atoms with Gasteiger partial charge in [-0.2, -0.15) is 5.10 Å². The first kappa shape index (κ1) is 25.0. The van der Waals surface area contributed by atoms with E-state index in [0.717, 1.165) is 11.1 Å². The Morgan fingerprint density at radius 1 is 0.806 bits per heavy atom. The number of esters is 1. The second-order valence-electron chi connectivity index (χ2n) is 7.55. The van der Waals surface area contributed by atoms with E-state index in [1.165, 1.54) is 18.3 Å². The van der Waals surface area contributed by atoms with Gasteiger partial charge in [0.25, 0.3) is 5.91 Å². The maximum atomic E-state index is 12.3. The molecule has 0 spiro atoms. The third-order valence-electron chi connectivity index (χ3n) is 4.98. The molecule has 4 rings (SSSR count). The first-order valence-corrected chi connectivity index (χ1v) is 11.6. The zero-order valence-corrected chi connectivity index (χ0v) is 20.4. The second kappa shape index (κ2) is 12.0. The van der Waals surface area contributed by atoms with E-state index >= 15 is 0 Å². The number of nitrogens with one attached hydrogen (secondary N) is 1. The Kier molecular flexibility index (Phi) is 8.34. The molecule has 0 fully saturated rings. The Labute approximate surface area is 218 Å². The monoisotopic (exact) mass is 518 g/mol. The number of carbonyl (C=O) groups excluding carboxylic acids is 2. The van der Waals surface area contributed by atoms with E-state index in [4.69, 9.17) is 32.7 Å². The van der Waals surface area contributed by atoms with Gasteiger partial charge in [0.2, 0.25) is 0 Å². The molecule has 0 saturated carbocycles. The number of halogens is 2. The molecule has 180 valence electrons. The Bertz CT molecular complexity index is 1370. The molecule has 0 radical (unpaired) electrons. The topological polar surface area (TPSA) is 77.0 Å². The minimum atomic E-state index is -0.597. The summed E-state index contributed by atoms with van der Waals surface area (Å²) in [7, 11) is 0. The molecule has 4 aromatic carbocycles. The third-order valence-corrected chi connectivity index (χ3v) is 5.52. The molecule has 0 atom stereocenters. The summed E-state index contributed by atoms with van der Waals surface area (Å²) in [5.74, 6) is -0.0819. The van der Waals surface area contributed by atoms with Crippen LogP contribution < -0.4 is 14.9 Å². The molecule has 36 heavy (non-hydrogen) atoms. The second-order valence-corrected chi connectivity index (χ2v) is 8.40. The Hall–Kier alpha value is -4.13. The van der Waals surface area contributed by atoms with Gasteiger partial charge in [-0.1, -0.05) is 65.7 Å². The normalized spacial score (nSPS) is 10.7. The lowest BCUT2D eigenvalue weighted by Crippen LogP contribution is -2.24. The SMILES string of the molecule is O=C(COc1ccc(-c2ccccc2)cc1)NN=Cc1ccc(OC(=O)c2ccc(Cl)cc2Cl)cc1. The summed E-state index contributed by atoms with van der Waals surface area (Å²) in [6.45, 7) is -0.176. The van der Waals surface area contributed by atoms with Gasteiger partial charge in [0.05, 0.1) is 16.8 Å². The molecule has 0 aromatic heterocycles. The minimum absolute atomic E-state index is 0.176. The van der Waals surface area contributed by atoms with Gasteiger partial charge in [0.15, 0.2) is 6.61 Å². The van der Waals surface area contributed by atoms with Crippen LogP contribution in [0.5, 0.6) is 11.5 Å². The summed E-state index contributed by atoms with van der Waals surface area (Å²) in [4.78, 5) is 24.3. The predicted molar refractivity (Wildman–Crippen MR) is 141 cm³/mol. The van der Waals surface area contributed by atoms with Crippen molar-refractivity contribution in [1.82, 2.24) is 5.43 Å². The van der Waals surface area contributed by atoms with E-state index in [1.54, 1.807) is 30.3 Å². The Balaban J connectivity index is 1.23. The zero-order chi connectivity index (χ0) is 25.3. The van der Waals surface area contributed by atoms with Gasteiger partial charge in [0, 0.05) is 5.02 Å². The highest BCUT2D eigenvalue weighted by Gasteiger charge is 2.13. The summed E-state index contributed by atoms with van der Waals surface area (Å²) in [5, 5.41) is 4.56. The van der Waals surface area contributed by atoms with Gasteiger partial charge in [0.1, 0.15) is 11.5 Å². The van der Waals surface area contributed by atoms with Gasteiger partial charge < -0.3 is 9.47 Å². The van der Waals surface area contributed by atoms with Gasteiger partial charge in [-0.3, -0.25) is 4.79 Å². The van der Waals surface area contributed by atoms with Gasteiger partial charge in [-0.05, 0) is 71.3 Å². The average Bonchev–Trinajstić information content (AvgIpc) is 2.89. The number of hydrazone groups is 1. The smallest absolute Gasteiger partial charge is 0.345 e. The lowest BCUT2D eigenvalue weighted by molar-refractivity contribution is -0.123. The molecular formula is C28H20Cl2N2O4. The summed E-state index contributed by atoms with van der Waals surface area (Å²) >= 11 is 11.9. The highest BCUT2D eigenvalue weighted by molar-refractivity contribution is 6.36. The standard InChI is InChI=1S/C28H20Cl2N2O4/c29-22-10-15-25(26(30)16-22)28(34)36-24-11-6-19(7-12-24)17-31-32-27(33)18-35-23-13-8-21(9-14-23)20-4-2-1-3-5-20/h1-17H,18H2,(H,32,33).